The maximum Gasteiger partial charge on any atom is 0.254 e. The van der Waals surface area contributed by atoms with Crippen LogP contribution in [-0.4, -0.2) is 31.7 Å². The summed E-state index contributed by atoms with van der Waals surface area (Å²) in [6.45, 7) is 1.87. The molecule has 2 N–H and O–H groups in total. The molecule has 0 spiro atoms. The van der Waals surface area contributed by atoms with Gasteiger partial charge in [0, 0.05) is 16.7 Å². The minimum atomic E-state index is -0.447. The summed E-state index contributed by atoms with van der Waals surface area (Å²) in [5, 5.41) is 6.42. The lowest BCUT2D eigenvalue weighted by atomic mass is 10.2. The maximum atomic E-state index is 11.9. The van der Waals surface area contributed by atoms with Crippen molar-refractivity contribution in [2.24, 2.45) is 0 Å². The standard InChI is InChI=1S/C11H12ClIN2O2/c12-8-2-1-7(13)5-9(8)15-11(16)10-6-14-3-4-17-10/h1-2,5,10,14H,3-4,6H2,(H,15,16). The minimum Gasteiger partial charge on any atom is -0.366 e. The first-order valence-electron chi connectivity index (χ1n) is 5.25. The van der Waals surface area contributed by atoms with Gasteiger partial charge in [0.25, 0.3) is 5.91 Å². The topological polar surface area (TPSA) is 50.4 Å². The van der Waals surface area contributed by atoms with Crippen LogP contribution in [0.1, 0.15) is 0 Å². The van der Waals surface area contributed by atoms with Crippen molar-refractivity contribution in [3.8, 4) is 0 Å². The van der Waals surface area contributed by atoms with E-state index in [-0.39, 0.29) is 5.91 Å². The lowest BCUT2D eigenvalue weighted by molar-refractivity contribution is -0.128. The number of halogens is 2. The molecule has 0 saturated carbocycles. The van der Waals surface area contributed by atoms with Crippen LogP contribution < -0.4 is 10.6 Å². The average molecular weight is 367 g/mol. The van der Waals surface area contributed by atoms with Crippen LogP contribution in [0.5, 0.6) is 0 Å². The van der Waals surface area contributed by atoms with Crippen molar-refractivity contribution in [2.75, 3.05) is 25.0 Å². The predicted molar refractivity (Wildman–Crippen MR) is 75.4 cm³/mol. The molecule has 2 rings (SSSR count). The predicted octanol–water partition coefficient (Wildman–Crippen LogP) is 1.87. The van der Waals surface area contributed by atoms with E-state index in [1.807, 2.05) is 12.1 Å². The monoisotopic (exact) mass is 366 g/mol. The molecule has 1 atom stereocenters. The van der Waals surface area contributed by atoms with Crippen LogP contribution in [0.25, 0.3) is 0 Å². The molecule has 1 unspecified atom stereocenters. The normalized spacial score (nSPS) is 20.0. The van der Waals surface area contributed by atoms with Crippen LogP contribution in [0.2, 0.25) is 5.02 Å². The van der Waals surface area contributed by atoms with Crippen molar-refractivity contribution in [1.29, 1.82) is 0 Å². The first-order chi connectivity index (χ1) is 8.16. The molecule has 0 radical (unpaired) electrons. The fourth-order valence-electron chi connectivity index (χ4n) is 1.54. The summed E-state index contributed by atoms with van der Waals surface area (Å²) >= 11 is 8.17. The summed E-state index contributed by atoms with van der Waals surface area (Å²) in [6, 6.07) is 5.48. The fourth-order valence-corrected chi connectivity index (χ4v) is 2.20. The smallest absolute Gasteiger partial charge is 0.254 e. The van der Waals surface area contributed by atoms with Gasteiger partial charge in [0.2, 0.25) is 0 Å². The van der Waals surface area contributed by atoms with Crippen LogP contribution in [0.4, 0.5) is 5.69 Å². The molecule has 1 aliphatic rings. The van der Waals surface area contributed by atoms with Gasteiger partial charge < -0.3 is 15.4 Å². The van der Waals surface area contributed by atoms with E-state index >= 15 is 0 Å². The molecule has 4 nitrogen and oxygen atoms in total. The Morgan fingerprint density at radius 3 is 3.12 bits per heavy atom. The molecule has 1 aromatic carbocycles. The van der Waals surface area contributed by atoms with Gasteiger partial charge in [0.15, 0.2) is 0 Å². The Hall–Kier alpha value is -0.370. The summed E-state index contributed by atoms with van der Waals surface area (Å²) in [7, 11) is 0. The fraction of sp³-hybridized carbons (Fsp3) is 0.364. The van der Waals surface area contributed by atoms with Crippen LogP contribution in [0.15, 0.2) is 18.2 Å². The first kappa shape index (κ1) is 13.1. The molecule has 1 amide bonds. The second-order valence-electron chi connectivity index (χ2n) is 3.68. The van der Waals surface area contributed by atoms with Crippen LogP contribution in [0.3, 0.4) is 0 Å². The highest BCUT2D eigenvalue weighted by Gasteiger charge is 2.22. The number of hydrogen-bond donors (Lipinski definition) is 2. The molecular formula is C11H12ClIN2O2. The van der Waals surface area contributed by atoms with E-state index in [4.69, 9.17) is 16.3 Å². The van der Waals surface area contributed by atoms with Crippen LogP contribution in [-0.2, 0) is 9.53 Å². The van der Waals surface area contributed by atoms with Gasteiger partial charge >= 0.3 is 0 Å². The Morgan fingerprint density at radius 1 is 1.59 bits per heavy atom. The van der Waals surface area contributed by atoms with Crippen molar-refractivity contribution < 1.29 is 9.53 Å². The number of carbonyl (C=O) groups excluding carboxylic acids is 1. The summed E-state index contributed by atoms with van der Waals surface area (Å²) in [5.74, 6) is -0.166. The Bertz CT molecular complexity index is 422. The maximum absolute atomic E-state index is 11.9. The third kappa shape index (κ3) is 3.54. The van der Waals surface area contributed by atoms with Gasteiger partial charge in [-0.1, -0.05) is 11.6 Å². The quantitative estimate of drug-likeness (QED) is 0.786. The molecule has 17 heavy (non-hydrogen) atoms. The van der Waals surface area contributed by atoms with Crippen LogP contribution >= 0.6 is 34.2 Å². The van der Waals surface area contributed by atoms with Gasteiger partial charge in [0.05, 0.1) is 17.3 Å². The molecule has 6 heteroatoms. The molecular weight excluding hydrogens is 354 g/mol. The van der Waals surface area contributed by atoms with Crippen molar-refractivity contribution in [2.45, 2.75) is 6.10 Å². The number of ether oxygens (including phenoxy) is 1. The third-order valence-corrected chi connectivity index (χ3v) is 3.41. The van der Waals surface area contributed by atoms with Gasteiger partial charge in [-0.25, -0.2) is 0 Å². The molecule has 1 saturated heterocycles. The number of nitrogens with one attached hydrogen (secondary N) is 2. The minimum absolute atomic E-state index is 0.166. The van der Waals surface area contributed by atoms with Gasteiger partial charge in [-0.05, 0) is 40.8 Å². The highest BCUT2D eigenvalue weighted by molar-refractivity contribution is 14.1. The average Bonchev–Trinajstić information content (AvgIpc) is 2.35. The van der Waals surface area contributed by atoms with Gasteiger partial charge in [-0.3, -0.25) is 4.79 Å². The Balaban J connectivity index is 2.04. The molecule has 1 aliphatic heterocycles. The van der Waals surface area contributed by atoms with Crippen molar-refractivity contribution in [1.82, 2.24) is 5.32 Å². The molecule has 1 fully saturated rings. The zero-order valence-electron chi connectivity index (χ0n) is 9.00. The SMILES string of the molecule is O=C(Nc1cc(I)ccc1Cl)C1CNCCO1. The van der Waals surface area contributed by atoms with E-state index in [1.54, 1.807) is 6.07 Å². The summed E-state index contributed by atoms with van der Waals surface area (Å²) < 4.78 is 6.38. The Morgan fingerprint density at radius 2 is 2.41 bits per heavy atom. The summed E-state index contributed by atoms with van der Waals surface area (Å²) in [5.41, 5.74) is 0.623. The molecule has 0 aromatic heterocycles. The number of morpholine rings is 1. The van der Waals surface area contributed by atoms with Gasteiger partial charge in [-0.15, -0.1) is 0 Å². The second-order valence-corrected chi connectivity index (χ2v) is 5.33. The van der Waals surface area contributed by atoms with E-state index in [2.05, 4.69) is 33.2 Å². The zero-order chi connectivity index (χ0) is 12.3. The van der Waals surface area contributed by atoms with Gasteiger partial charge in [-0.2, -0.15) is 0 Å². The van der Waals surface area contributed by atoms with E-state index in [0.29, 0.717) is 23.9 Å². The summed E-state index contributed by atoms with van der Waals surface area (Å²) in [4.78, 5) is 11.9. The highest BCUT2D eigenvalue weighted by atomic mass is 127. The van der Waals surface area contributed by atoms with E-state index in [1.165, 1.54) is 0 Å². The Kier molecular flexibility index (Phi) is 4.61. The second kappa shape index (κ2) is 5.99. The van der Waals surface area contributed by atoms with Crippen molar-refractivity contribution in [3.63, 3.8) is 0 Å². The number of anilines is 1. The van der Waals surface area contributed by atoms with Crippen LogP contribution in [0, 0.1) is 3.57 Å². The number of carbonyl (C=O) groups is 1. The van der Waals surface area contributed by atoms with E-state index in [9.17, 15) is 4.79 Å². The molecule has 0 aliphatic carbocycles. The zero-order valence-corrected chi connectivity index (χ0v) is 11.9. The largest absolute Gasteiger partial charge is 0.366 e. The van der Waals surface area contributed by atoms with Gasteiger partial charge in [0.1, 0.15) is 6.10 Å². The number of rotatable bonds is 2. The highest BCUT2D eigenvalue weighted by Crippen LogP contribution is 2.24. The lowest BCUT2D eigenvalue weighted by Crippen LogP contribution is -2.45. The molecule has 1 aromatic rings. The third-order valence-electron chi connectivity index (χ3n) is 2.41. The first-order valence-corrected chi connectivity index (χ1v) is 6.71. The number of benzene rings is 1. The van der Waals surface area contributed by atoms with Crippen molar-refractivity contribution >= 4 is 45.8 Å². The van der Waals surface area contributed by atoms with Crippen molar-refractivity contribution in [3.05, 3.63) is 26.8 Å². The lowest BCUT2D eigenvalue weighted by Gasteiger charge is -2.22. The molecule has 0 bridgehead atoms. The summed E-state index contributed by atoms with van der Waals surface area (Å²) in [6.07, 6.45) is -0.447. The Labute approximate surface area is 118 Å². The number of hydrogen-bond acceptors (Lipinski definition) is 3. The molecule has 1 heterocycles. The number of amides is 1. The molecule has 92 valence electrons. The van der Waals surface area contributed by atoms with E-state index < -0.39 is 6.10 Å². The van der Waals surface area contributed by atoms with E-state index in [0.717, 1.165) is 10.1 Å².